The molecule has 0 heterocycles. The van der Waals surface area contributed by atoms with Gasteiger partial charge in [0, 0.05) is 5.56 Å². The van der Waals surface area contributed by atoms with Crippen LogP contribution in [0.1, 0.15) is 10.4 Å². The molecule has 0 fully saturated rings. The van der Waals surface area contributed by atoms with E-state index in [1.165, 1.54) is 24.3 Å². The lowest BCUT2D eigenvalue weighted by atomic mass is 10.0. The van der Waals surface area contributed by atoms with Crippen LogP contribution in [0.15, 0.2) is 48.5 Å². The number of halogens is 1. The Morgan fingerprint density at radius 3 is 1.72 bits per heavy atom. The van der Waals surface area contributed by atoms with E-state index in [0.29, 0.717) is 0 Å². The highest BCUT2D eigenvalue weighted by Crippen LogP contribution is 2.20. The van der Waals surface area contributed by atoms with Crippen molar-refractivity contribution in [3.63, 3.8) is 0 Å². The lowest BCUT2D eigenvalue weighted by molar-refractivity contribution is -0.131. The van der Waals surface area contributed by atoms with Crippen LogP contribution in [0.3, 0.4) is 0 Å². The molecule has 4 heteroatoms. The quantitative estimate of drug-likeness (QED) is 0.667. The van der Waals surface area contributed by atoms with Crippen LogP contribution in [0.25, 0.3) is 11.1 Å². The first kappa shape index (κ1) is 12.0. The average molecular weight is 244 g/mol. The molecule has 2 aromatic carbocycles. The Labute approximate surface area is 103 Å². The fourth-order valence-corrected chi connectivity index (χ4v) is 1.58. The molecule has 0 bridgehead atoms. The van der Waals surface area contributed by atoms with Crippen molar-refractivity contribution in [3.8, 4) is 11.1 Å². The zero-order chi connectivity index (χ0) is 13.1. The van der Waals surface area contributed by atoms with Gasteiger partial charge in [0.15, 0.2) is 0 Å². The van der Waals surface area contributed by atoms with Crippen LogP contribution in [-0.4, -0.2) is 16.9 Å². The van der Waals surface area contributed by atoms with E-state index in [9.17, 15) is 14.0 Å². The second-order valence-electron chi connectivity index (χ2n) is 3.72. The number of hydrogen-bond acceptors (Lipinski definition) is 2. The Balaban J connectivity index is 2.30. The molecule has 2 aromatic rings. The van der Waals surface area contributed by atoms with Crippen LogP contribution < -0.4 is 0 Å². The molecule has 0 saturated heterocycles. The Kier molecular flexibility index (Phi) is 3.19. The summed E-state index contributed by atoms with van der Waals surface area (Å²) in [5.41, 5.74) is 1.70. The smallest absolute Gasteiger partial charge is 0.377 e. The summed E-state index contributed by atoms with van der Waals surface area (Å²) in [6.45, 7) is 0. The fourth-order valence-electron chi connectivity index (χ4n) is 1.58. The molecule has 0 aliphatic heterocycles. The van der Waals surface area contributed by atoms with E-state index in [4.69, 9.17) is 5.11 Å². The minimum Gasteiger partial charge on any atom is -0.475 e. The van der Waals surface area contributed by atoms with Crippen LogP contribution in [0.4, 0.5) is 4.39 Å². The second-order valence-corrected chi connectivity index (χ2v) is 3.72. The van der Waals surface area contributed by atoms with Crippen LogP contribution in [0.5, 0.6) is 0 Å². The normalized spacial score (nSPS) is 10.1. The number of ketones is 1. The van der Waals surface area contributed by atoms with Crippen molar-refractivity contribution in [2.45, 2.75) is 0 Å². The number of benzene rings is 2. The van der Waals surface area contributed by atoms with E-state index >= 15 is 0 Å². The first-order chi connectivity index (χ1) is 8.58. The zero-order valence-corrected chi connectivity index (χ0v) is 9.26. The van der Waals surface area contributed by atoms with E-state index in [0.717, 1.165) is 11.1 Å². The summed E-state index contributed by atoms with van der Waals surface area (Å²) in [5.74, 6) is -2.75. The first-order valence-corrected chi connectivity index (χ1v) is 5.21. The van der Waals surface area contributed by atoms with Gasteiger partial charge >= 0.3 is 5.97 Å². The molecular formula is C14H9FO3. The topological polar surface area (TPSA) is 54.4 Å². The molecule has 3 nitrogen and oxygen atoms in total. The predicted octanol–water partition coefficient (Wildman–Crippen LogP) is 2.76. The molecule has 0 amide bonds. The Morgan fingerprint density at radius 2 is 1.28 bits per heavy atom. The summed E-state index contributed by atoms with van der Waals surface area (Å²) >= 11 is 0. The molecule has 0 saturated carbocycles. The van der Waals surface area contributed by atoms with Crippen LogP contribution in [0, 0.1) is 5.82 Å². The summed E-state index contributed by atoms with van der Waals surface area (Å²) in [5, 5.41) is 8.56. The van der Waals surface area contributed by atoms with Gasteiger partial charge in [0.05, 0.1) is 0 Å². The maximum absolute atomic E-state index is 12.8. The number of Topliss-reactive ketones (excluding diaryl/α,β-unsaturated/α-hetero) is 1. The van der Waals surface area contributed by atoms with Crippen LogP contribution in [-0.2, 0) is 4.79 Å². The SMILES string of the molecule is O=C(O)C(=O)c1ccc(-c2ccc(F)cc2)cc1. The van der Waals surface area contributed by atoms with Gasteiger partial charge in [-0.05, 0) is 23.3 Å². The molecule has 1 N–H and O–H groups in total. The highest BCUT2D eigenvalue weighted by molar-refractivity contribution is 6.39. The number of carbonyl (C=O) groups excluding carboxylic acids is 1. The van der Waals surface area contributed by atoms with Gasteiger partial charge in [0.2, 0.25) is 0 Å². The van der Waals surface area contributed by atoms with Gasteiger partial charge in [-0.25, -0.2) is 9.18 Å². The van der Waals surface area contributed by atoms with E-state index < -0.39 is 11.8 Å². The van der Waals surface area contributed by atoms with Crippen molar-refractivity contribution in [2.75, 3.05) is 0 Å². The molecule has 2 rings (SSSR count). The van der Waals surface area contributed by atoms with Crippen molar-refractivity contribution in [3.05, 3.63) is 59.9 Å². The predicted molar refractivity (Wildman–Crippen MR) is 63.8 cm³/mol. The molecule has 18 heavy (non-hydrogen) atoms. The van der Waals surface area contributed by atoms with Gasteiger partial charge in [-0.2, -0.15) is 0 Å². The van der Waals surface area contributed by atoms with Gasteiger partial charge < -0.3 is 5.11 Å². The molecule has 90 valence electrons. The minimum absolute atomic E-state index is 0.119. The maximum Gasteiger partial charge on any atom is 0.377 e. The molecule has 0 aromatic heterocycles. The van der Waals surface area contributed by atoms with E-state index in [1.54, 1.807) is 24.3 Å². The Morgan fingerprint density at radius 1 is 0.833 bits per heavy atom. The number of hydrogen-bond donors (Lipinski definition) is 1. The van der Waals surface area contributed by atoms with Crippen LogP contribution >= 0.6 is 0 Å². The first-order valence-electron chi connectivity index (χ1n) is 5.21. The molecule has 0 unspecified atom stereocenters. The summed E-state index contributed by atoms with van der Waals surface area (Å²) in [4.78, 5) is 21.7. The molecule has 0 spiro atoms. The van der Waals surface area contributed by atoms with E-state index in [1.807, 2.05) is 0 Å². The summed E-state index contributed by atoms with van der Waals surface area (Å²) < 4.78 is 12.8. The van der Waals surface area contributed by atoms with E-state index in [2.05, 4.69) is 0 Å². The third-order valence-corrected chi connectivity index (χ3v) is 2.52. The van der Waals surface area contributed by atoms with Crippen LogP contribution in [0.2, 0.25) is 0 Å². The Hall–Kier alpha value is -2.49. The number of carboxylic acid groups (broad SMARTS) is 1. The number of carbonyl (C=O) groups is 2. The fraction of sp³-hybridized carbons (Fsp3) is 0. The number of rotatable bonds is 3. The minimum atomic E-state index is -1.48. The van der Waals surface area contributed by atoms with Crippen molar-refractivity contribution >= 4 is 11.8 Å². The van der Waals surface area contributed by atoms with Crippen molar-refractivity contribution < 1.29 is 19.1 Å². The molecule has 0 aliphatic carbocycles. The number of aliphatic carboxylic acids is 1. The van der Waals surface area contributed by atoms with Gasteiger partial charge in [-0.1, -0.05) is 36.4 Å². The third-order valence-electron chi connectivity index (χ3n) is 2.52. The average Bonchev–Trinajstić information content (AvgIpc) is 2.39. The van der Waals surface area contributed by atoms with Gasteiger partial charge in [0.1, 0.15) is 5.82 Å². The molecule has 0 aliphatic rings. The second kappa shape index (κ2) is 4.79. The zero-order valence-electron chi connectivity index (χ0n) is 9.26. The van der Waals surface area contributed by atoms with Crippen molar-refractivity contribution in [2.24, 2.45) is 0 Å². The van der Waals surface area contributed by atoms with Crippen molar-refractivity contribution in [1.29, 1.82) is 0 Å². The summed E-state index contributed by atoms with van der Waals surface area (Å²) in [6.07, 6.45) is 0. The molecule has 0 atom stereocenters. The maximum atomic E-state index is 12.8. The summed E-state index contributed by atoms with van der Waals surface area (Å²) in [7, 11) is 0. The monoisotopic (exact) mass is 244 g/mol. The lowest BCUT2D eigenvalue weighted by Gasteiger charge is -2.02. The largest absolute Gasteiger partial charge is 0.475 e. The van der Waals surface area contributed by atoms with Crippen molar-refractivity contribution in [1.82, 2.24) is 0 Å². The van der Waals surface area contributed by atoms with E-state index in [-0.39, 0.29) is 11.4 Å². The highest BCUT2D eigenvalue weighted by atomic mass is 19.1. The molecular weight excluding hydrogens is 235 g/mol. The van der Waals surface area contributed by atoms with Gasteiger partial charge in [-0.3, -0.25) is 4.79 Å². The van der Waals surface area contributed by atoms with Gasteiger partial charge in [-0.15, -0.1) is 0 Å². The van der Waals surface area contributed by atoms with Gasteiger partial charge in [0.25, 0.3) is 5.78 Å². The standard InChI is InChI=1S/C14H9FO3/c15-12-7-5-10(6-8-12)9-1-3-11(4-2-9)13(16)14(17)18/h1-8H,(H,17,18). The number of carboxylic acids is 1. The third kappa shape index (κ3) is 2.43. The lowest BCUT2D eigenvalue weighted by Crippen LogP contribution is -2.12. The molecule has 0 radical (unpaired) electrons. The summed E-state index contributed by atoms with van der Waals surface area (Å²) in [6, 6.07) is 12.0. The highest BCUT2D eigenvalue weighted by Gasteiger charge is 2.13. The Bertz CT molecular complexity index is 585.